The number of alkyl halides is 3. The van der Waals surface area contributed by atoms with E-state index < -0.39 is 11.7 Å². The van der Waals surface area contributed by atoms with Gasteiger partial charge < -0.3 is 4.74 Å². The summed E-state index contributed by atoms with van der Waals surface area (Å²) in [6.07, 6.45) is 1.18. The second-order valence-corrected chi connectivity index (χ2v) is 5.30. The van der Waals surface area contributed by atoms with Crippen molar-refractivity contribution in [3.8, 4) is 0 Å². The quantitative estimate of drug-likeness (QED) is 0.603. The minimum absolute atomic E-state index is 0.0358. The van der Waals surface area contributed by atoms with Crippen LogP contribution in [0.5, 0.6) is 0 Å². The molecule has 124 valence electrons. The smallest absolute Gasteiger partial charge is 0.388 e. The highest BCUT2D eigenvalue weighted by Gasteiger charge is 2.31. The van der Waals surface area contributed by atoms with Crippen molar-refractivity contribution >= 4 is 5.84 Å². The maximum absolute atomic E-state index is 12.7. The predicted octanol–water partition coefficient (Wildman–Crippen LogP) is 3.65. The Labute approximate surface area is 127 Å². The molecule has 1 saturated carbocycles. The molecule has 2 rings (SSSR count). The zero-order valence-corrected chi connectivity index (χ0v) is 12.8. The fourth-order valence-electron chi connectivity index (χ4n) is 2.44. The third kappa shape index (κ3) is 4.98. The molecule has 0 saturated heterocycles. The molecular formula is C15H22F3N3O. The van der Waals surface area contributed by atoms with E-state index in [9.17, 15) is 13.2 Å². The lowest BCUT2D eigenvalue weighted by Gasteiger charge is -2.24. The fourth-order valence-corrected chi connectivity index (χ4v) is 2.44. The summed E-state index contributed by atoms with van der Waals surface area (Å²) in [5.41, 5.74) is -0.896. The fraction of sp³-hybridized carbons (Fsp3) is 0.600. The standard InChI is InChI=1S/C13H16F3N3.C2H6O/c14-13(15,16)10-6-7-11(17)19(8-10)12(18)9-4-2-1-3-5-9;1-3-2/h6-9,17-18H,1-5H2;1-2H3. The van der Waals surface area contributed by atoms with E-state index in [4.69, 9.17) is 10.8 Å². The summed E-state index contributed by atoms with van der Waals surface area (Å²) < 4.78 is 43.3. The molecule has 0 atom stereocenters. The summed E-state index contributed by atoms with van der Waals surface area (Å²) in [4.78, 5) is 0. The zero-order valence-electron chi connectivity index (χ0n) is 12.8. The first kappa shape index (κ1) is 18.4. The van der Waals surface area contributed by atoms with E-state index in [2.05, 4.69) is 4.74 Å². The number of hydrogen-bond acceptors (Lipinski definition) is 3. The van der Waals surface area contributed by atoms with Crippen LogP contribution in [0.2, 0.25) is 0 Å². The average Bonchev–Trinajstić information content (AvgIpc) is 2.47. The molecule has 4 nitrogen and oxygen atoms in total. The molecule has 0 aromatic carbocycles. The van der Waals surface area contributed by atoms with Crippen LogP contribution >= 0.6 is 0 Å². The normalized spacial score (nSPS) is 15.9. The summed E-state index contributed by atoms with van der Waals surface area (Å²) >= 11 is 0. The van der Waals surface area contributed by atoms with Crippen molar-refractivity contribution in [2.45, 2.75) is 38.3 Å². The molecule has 1 aliphatic rings. The first-order valence-corrected chi connectivity index (χ1v) is 7.14. The molecule has 2 N–H and O–H groups in total. The number of rotatable bonds is 1. The van der Waals surface area contributed by atoms with Crippen molar-refractivity contribution in [2.24, 2.45) is 5.92 Å². The minimum Gasteiger partial charge on any atom is -0.388 e. The van der Waals surface area contributed by atoms with E-state index in [1.54, 1.807) is 14.2 Å². The maximum Gasteiger partial charge on any atom is 0.417 e. The van der Waals surface area contributed by atoms with Gasteiger partial charge in [0.2, 0.25) is 0 Å². The van der Waals surface area contributed by atoms with E-state index in [0.29, 0.717) is 0 Å². The summed E-state index contributed by atoms with van der Waals surface area (Å²) in [5.74, 6) is 0.0714. The van der Waals surface area contributed by atoms with Crippen LogP contribution in [0.15, 0.2) is 18.3 Å². The van der Waals surface area contributed by atoms with Crippen molar-refractivity contribution in [3.05, 3.63) is 29.4 Å². The van der Waals surface area contributed by atoms with Gasteiger partial charge in [-0.3, -0.25) is 15.4 Å². The molecule has 0 amide bonds. The minimum atomic E-state index is -4.44. The zero-order chi connectivity index (χ0) is 16.8. The van der Waals surface area contributed by atoms with E-state index in [1.165, 1.54) is 0 Å². The number of halogens is 3. The Morgan fingerprint density at radius 3 is 2.23 bits per heavy atom. The molecule has 1 heterocycles. The number of aromatic nitrogens is 1. The SMILES string of the molecule is COC.N=C(C1CCCCC1)n1cc(C(F)(F)F)ccc1=N. The molecule has 1 aromatic heterocycles. The van der Waals surface area contributed by atoms with Crippen molar-refractivity contribution in [1.29, 1.82) is 10.8 Å². The summed E-state index contributed by atoms with van der Waals surface area (Å²) in [7, 11) is 3.25. The Morgan fingerprint density at radius 1 is 1.18 bits per heavy atom. The lowest BCUT2D eigenvalue weighted by Crippen LogP contribution is -2.33. The van der Waals surface area contributed by atoms with Crippen LogP contribution < -0.4 is 5.49 Å². The maximum atomic E-state index is 12.7. The monoisotopic (exact) mass is 317 g/mol. The summed E-state index contributed by atoms with van der Waals surface area (Å²) in [5, 5.41) is 15.7. The van der Waals surface area contributed by atoms with Crippen LogP contribution in [0, 0.1) is 16.7 Å². The highest BCUT2D eigenvalue weighted by atomic mass is 19.4. The van der Waals surface area contributed by atoms with Crippen molar-refractivity contribution in [1.82, 2.24) is 4.57 Å². The Hall–Kier alpha value is -1.63. The van der Waals surface area contributed by atoms with Gasteiger partial charge in [0.05, 0.1) is 5.56 Å². The molecule has 0 unspecified atom stereocenters. The molecule has 0 spiro atoms. The topological polar surface area (TPSA) is 61.9 Å². The van der Waals surface area contributed by atoms with E-state index >= 15 is 0 Å². The second-order valence-electron chi connectivity index (χ2n) is 5.30. The van der Waals surface area contributed by atoms with Gasteiger partial charge in [-0.15, -0.1) is 0 Å². The van der Waals surface area contributed by atoms with Crippen LogP contribution in [0.1, 0.15) is 37.7 Å². The van der Waals surface area contributed by atoms with Crippen LogP contribution in [0.3, 0.4) is 0 Å². The molecule has 0 bridgehead atoms. The third-order valence-electron chi connectivity index (χ3n) is 3.53. The number of ether oxygens (including phenoxy) is 1. The van der Waals surface area contributed by atoms with Crippen LogP contribution in [-0.4, -0.2) is 24.6 Å². The lowest BCUT2D eigenvalue weighted by atomic mass is 9.88. The van der Waals surface area contributed by atoms with Crippen LogP contribution in [-0.2, 0) is 10.9 Å². The largest absolute Gasteiger partial charge is 0.417 e. The molecular weight excluding hydrogens is 295 g/mol. The summed E-state index contributed by atoms with van der Waals surface area (Å²) in [6.45, 7) is 0. The average molecular weight is 317 g/mol. The Kier molecular flexibility index (Phi) is 6.80. The number of methoxy groups -OCH3 is 1. The summed E-state index contributed by atoms with van der Waals surface area (Å²) in [6, 6.07) is 1.98. The molecule has 0 radical (unpaired) electrons. The molecule has 1 aromatic rings. The van der Waals surface area contributed by atoms with Gasteiger partial charge in [0, 0.05) is 26.3 Å². The van der Waals surface area contributed by atoms with Gasteiger partial charge in [-0.25, -0.2) is 0 Å². The first-order valence-electron chi connectivity index (χ1n) is 7.14. The number of hydrogen-bond donors (Lipinski definition) is 2. The van der Waals surface area contributed by atoms with Gasteiger partial charge in [0.15, 0.2) is 0 Å². The van der Waals surface area contributed by atoms with Gasteiger partial charge in [-0.1, -0.05) is 19.3 Å². The molecule has 1 aliphatic carbocycles. The Balaban J connectivity index is 0.000000745. The third-order valence-corrected chi connectivity index (χ3v) is 3.53. The molecule has 22 heavy (non-hydrogen) atoms. The predicted molar refractivity (Wildman–Crippen MR) is 77.9 cm³/mol. The number of pyridine rings is 1. The number of nitrogens with zero attached hydrogens (tertiary/aromatic N) is 1. The van der Waals surface area contributed by atoms with E-state index in [-0.39, 0.29) is 17.2 Å². The van der Waals surface area contributed by atoms with Gasteiger partial charge in [-0.2, -0.15) is 13.2 Å². The second kappa shape index (κ2) is 8.12. The van der Waals surface area contributed by atoms with Crippen LogP contribution in [0.25, 0.3) is 0 Å². The van der Waals surface area contributed by atoms with Crippen molar-refractivity contribution < 1.29 is 17.9 Å². The van der Waals surface area contributed by atoms with Crippen molar-refractivity contribution in [2.75, 3.05) is 14.2 Å². The van der Waals surface area contributed by atoms with Gasteiger partial charge in [0.1, 0.15) is 11.3 Å². The van der Waals surface area contributed by atoms with Crippen molar-refractivity contribution in [3.63, 3.8) is 0 Å². The molecule has 7 heteroatoms. The van der Waals surface area contributed by atoms with Gasteiger partial charge in [-0.05, 0) is 25.0 Å². The Bertz CT molecular complexity index is 546. The van der Waals surface area contributed by atoms with Gasteiger partial charge in [0.25, 0.3) is 0 Å². The first-order chi connectivity index (χ1) is 10.3. The molecule has 1 fully saturated rings. The number of nitrogens with one attached hydrogen (secondary N) is 2. The van der Waals surface area contributed by atoms with Gasteiger partial charge >= 0.3 is 6.18 Å². The lowest BCUT2D eigenvalue weighted by molar-refractivity contribution is -0.137. The highest BCUT2D eigenvalue weighted by Crippen LogP contribution is 2.29. The van der Waals surface area contributed by atoms with E-state index in [1.807, 2.05) is 0 Å². The highest BCUT2D eigenvalue weighted by molar-refractivity contribution is 5.83. The van der Waals surface area contributed by atoms with Crippen LogP contribution in [0.4, 0.5) is 13.2 Å². The van der Waals surface area contributed by atoms with E-state index in [0.717, 1.165) is 55.0 Å². The molecule has 0 aliphatic heterocycles. The Morgan fingerprint density at radius 2 is 1.73 bits per heavy atom.